The second-order valence-electron chi connectivity index (χ2n) is 6.15. The Labute approximate surface area is 116 Å². The van der Waals surface area contributed by atoms with Gasteiger partial charge in [-0.05, 0) is 46.0 Å². The van der Waals surface area contributed by atoms with Gasteiger partial charge in [-0.1, -0.05) is 6.07 Å². The van der Waals surface area contributed by atoms with Gasteiger partial charge in [-0.25, -0.2) is 0 Å². The second kappa shape index (κ2) is 5.99. The molecular weight excluding hydrogens is 236 g/mol. The molecular formula is C15H26N4. The quantitative estimate of drug-likeness (QED) is 0.889. The van der Waals surface area contributed by atoms with Gasteiger partial charge >= 0.3 is 0 Å². The Morgan fingerprint density at radius 2 is 2.21 bits per heavy atom. The Morgan fingerprint density at radius 1 is 1.42 bits per heavy atom. The summed E-state index contributed by atoms with van der Waals surface area (Å²) in [6.45, 7) is 8.44. The first-order chi connectivity index (χ1) is 9.03. The van der Waals surface area contributed by atoms with Crippen LogP contribution in [-0.2, 0) is 6.54 Å². The van der Waals surface area contributed by atoms with Crippen molar-refractivity contribution >= 4 is 0 Å². The molecule has 1 fully saturated rings. The Kier molecular flexibility index (Phi) is 4.55. The van der Waals surface area contributed by atoms with Gasteiger partial charge in [0, 0.05) is 37.4 Å². The van der Waals surface area contributed by atoms with Crippen LogP contribution in [0.5, 0.6) is 0 Å². The lowest BCUT2D eigenvalue weighted by atomic mass is 9.94. The molecule has 0 saturated carbocycles. The molecule has 0 aliphatic carbocycles. The number of pyridine rings is 1. The first-order valence-corrected chi connectivity index (χ1v) is 7.08. The summed E-state index contributed by atoms with van der Waals surface area (Å²) in [5.74, 6) is 0. The molecule has 1 aliphatic rings. The molecule has 1 unspecified atom stereocenters. The highest BCUT2D eigenvalue weighted by Crippen LogP contribution is 2.25. The molecule has 4 nitrogen and oxygen atoms in total. The number of aromatic nitrogens is 1. The molecule has 2 heterocycles. The van der Waals surface area contributed by atoms with E-state index in [0.29, 0.717) is 6.04 Å². The van der Waals surface area contributed by atoms with Crippen LogP contribution >= 0.6 is 0 Å². The first kappa shape index (κ1) is 14.4. The predicted molar refractivity (Wildman–Crippen MR) is 78.8 cm³/mol. The van der Waals surface area contributed by atoms with Crippen molar-refractivity contribution in [3.63, 3.8) is 0 Å². The molecule has 1 saturated heterocycles. The minimum atomic E-state index is 0.187. The third-order valence-corrected chi connectivity index (χ3v) is 4.19. The molecule has 1 aliphatic heterocycles. The molecule has 106 valence electrons. The number of piperazine rings is 1. The summed E-state index contributed by atoms with van der Waals surface area (Å²) < 4.78 is 0. The highest BCUT2D eigenvalue weighted by molar-refractivity contribution is 5.05. The highest BCUT2D eigenvalue weighted by Gasteiger charge is 2.36. The summed E-state index contributed by atoms with van der Waals surface area (Å²) in [5, 5.41) is 0. The molecule has 1 aromatic rings. The number of likely N-dealkylation sites (N-methyl/N-ethyl adjacent to an activating group) is 1. The first-order valence-electron chi connectivity index (χ1n) is 7.08. The van der Waals surface area contributed by atoms with E-state index in [4.69, 9.17) is 5.73 Å². The van der Waals surface area contributed by atoms with Crippen molar-refractivity contribution in [2.75, 3.05) is 26.7 Å². The summed E-state index contributed by atoms with van der Waals surface area (Å²) in [4.78, 5) is 9.41. The van der Waals surface area contributed by atoms with Crippen molar-refractivity contribution in [2.45, 2.75) is 38.4 Å². The molecule has 2 N–H and O–H groups in total. The molecule has 0 aromatic carbocycles. The van der Waals surface area contributed by atoms with E-state index in [1.807, 2.05) is 12.3 Å². The molecule has 1 atom stereocenters. The Hall–Kier alpha value is -0.970. The van der Waals surface area contributed by atoms with Gasteiger partial charge in [-0.3, -0.25) is 14.8 Å². The van der Waals surface area contributed by atoms with Crippen LogP contribution in [0.4, 0.5) is 0 Å². The van der Waals surface area contributed by atoms with E-state index in [2.05, 4.69) is 47.8 Å². The highest BCUT2D eigenvalue weighted by atomic mass is 15.3. The summed E-state index contributed by atoms with van der Waals surface area (Å²) >= 11 is 0. The van der Waals surface area contributed by atoms with E-state index in [0.717, 1.165) is 38.3 Å². The third kappa shape index (κ3) is 3.53. The molecule has 19 heavy (non-hydrogen) atoms. The fourth-order valence-electron chi connectivity index (χ4n) is 2.96. The molecule has 0 bridgehead atoms. The third-order valence-electron chi connectivity index (χ3n) is 4.19. The lowest BCUT2D eigenvalue weighted by Gasteiger charge is -2.50. The van der Waals surface area contributed by atoms with Crippen molar-refractivity contribution in [1.82, 2.24) is 14.8 Å². The smallest absolute Gasteiger partial charge is 0.0543 e. The van der Waals surface area contributed by atoms with Gasteiger partial charge in [-0.2, -0.15) is 0 Å². The van der Waals surface area contributed by atoms with E-state index in [1.165, 1.54) is 0 Å². The van der Waals surface area contributed by atoms with Crippen molar-refractivity contribution in [1.29, 1.82) is 0 Å². The Balaban J connectivity index is 2.05. The molecule has 2 rings (SSSR count). The summed E-state index contributed by atoms with van der Waals surface area (Å²) in [5.41, 5.74) is 7.09. The maximum atomic E-state index is 5.75. The van der Waals surface area contributed by atoms with Crippen molar-refractivity contribution in [3.8, 4) is 0 Å². The van der Waals surface area contributed by atoms with Crippen LogP contribution in [0.1, 0.15) is 26.0 Å². The zero-order chi connectivity index (χ0) is 13.9. The van der Waals surface area contributed by atoms with Crippen LogP contribution in [-0.4, -0.2) is 53.0 Å². The van der Waals surface area contributed by atoms with Crippen molar-refractivity contribution < 1.29 is 0 Å². The Morgan fingerprint density at radius 3 is 2.84 bits per heavy atom. The van der Waals surface area contributed by atoms with E-state index < -0.39 is 0 Å². The van der Waals surface area contributed by atoms with Gasteiger partial charge in [0.05, 0.1) is 5.69 Å². The van der Waals surface area contributed by atoms with Gasteiger partial charge in [0.25, 0.3) is 0 Å². The molecule has 4 heteroatoms. The minimum absolute atomic E-state index is 0.187. The Bertz CT molecular complexity index is 390. The monoisotopic (exact) mass is 262 g/mol. The van der Waals surface area contributed by atoms with Crippen LogP contribution in [0.25, 0.3) is 0 Å². The number of nitrogens with two attached hydrogens (primary N) is 1. The average molecular weight is 262 g/mol. The van der Waals surface area contributed by atoms with E-state index in [1.54, 1.807) is 0 Å². The largest absolute Gasteiger partial charge is 0.330 e. The van der Waals surface area contributed by atoms with E-state index in [9.17, 15) is 0 Å². The zero-order valence-electron chi connectivity index (χ0n) is 12.3. The lowest BCUT2D eigenvalue weighted by Crippen LogP contribution is -2.62. The number of hydrogen-bond donors (Lipinski definition) is 1. The molecule has 1 aromatic heterocycles. The SMILES string of the molecule is CN1C(CCN)CN(Cc2ccccn2)CC1(C)C. The van der Waals surface area contributed by atoms with Gasteiger partial charge < -0.3 is 5.73 Å². The van der Waals surface area contributed by atoms with Crippen molar-refractivity contribution in [2.24, 2.45) is 5.73 Å². The fraction of sp³-hybridized carbons (Fsp3) is 0.667. The average Bonchev–Trinajstić information content (AvgIpc) is 2.36. The maximum Gasteiger partial charge on any atom is 0.0543 e. The van der Waals surface area contributed by atoms with Crippen LogP contribution in [0.2, 0.25) is 0 Å². The standard InChI is InChI=1S/C15H26N4/c1-15(2)12-19(10-13-6-4-5-9-17-13)11-14(7-8-16)18(15)3/h4-6,9,14H,7-8,10-12,16H2,1-3H3. The van der Waals surface area contributed by atoms with Gasteiger partial charge in [0.2, 0.25) is 0 Å². The van der Waals surface area contributed by atoms with E-state index >= 15 is 0 Å². The maximum absolute atomic E-state index is 5.75. The number of nitrogens with zero attached hydrogens (tertiary/aromatic N) is 3. The number of hydrogen-bond acceptors (Lipinski definition) is 4. The van der Waals surface area contributed by atoms with Gasteiger partial charge in [0.15, 0.2) is 0 Å². The predicted octanol–water partition coefficient (Wildman–Crippen LogP) is 1.33. The molecule has 0 radical (unpaired) electrons. The number of rotatable bonds is 4. The fourth-order valence-corrected chi connectivity index (χ4v) is 2.96. The minimum Gasteiger partial charge on any atom is -0.330 e. The normalized spacial score (nSPS) is 24.5. The second-order valence-corrected chi connectivity index (χ2v) is 6.15. The van der Waals surface area contributed by atoms with Crippen LogP contribution in [0.3, 0.4) is 0 Å². The van der Waals surface area contributed by atoms with Crippen molar-refractivity contribution in [3.05, 3.63) is 30.1 Å². The van der Waals surface area contributed by atoms with E-state index in [-0.39, 0.29) is 5.54 Å². The molecule has 0 amide bonds. The summed E-state index contributed by atoms with van der Waals surface area (Å²) in [6, 6.07) is 6.66. The molecule has 0 spiro atoms. The lowest BCUT2D eigenvalue weighted by molar-refractivity contribution is -0.0123. The van der Waals surface area contributed by atoms with Gasteiger partial charge in [-0.15, -0.1) is 0 Å². The van der Waals surface area contributed by atoms with Gasteiger partial charge in [0.1, 0.15) is 0 Å². The van der Waals surface area contributed by atoms with Crippen LogP contribution in [0.15, 0.2) is 24.4 Å². The summed E-state index contributed by atoms with van der Waals surface area (Å²) in [6.07, 6.45) is 2.92. The zero-order valence-corrected chi connectivity index (χ0v) is 12.3. The van der Waals surface area contributed by atoms with Crippen LogP contribution < -0.4 is 5.73 Å². The topological polar surface area (TPSA) is 45.4 Å². The van der Waals surface area contributed by atoms with Crippen LogP contribution in [0, 0.1) is 0 Å². The summed E-state index contributed by atoms with van der Waals surface area (Å²) in [7, 11) is 2.22.